The van der Waals surface area contributed by atoms with E-state index in [4.69, 9.17) is 9.47 Å². The van der Waals surface area contributed by atoms with Crippen molar-refractivity contribution in [2.45, 2.75) is 63.9 Å². The SMILES string of the molecule is COC(=O)C(C)(C)c1cc(O)c2c(c1)OC(C)(C)C1CCC(=O)C[C@@H]21. The van der Waals surface area contributed by atoms with Gasteiger partial charge in [-0.2, -0.15) is 0 Å². The Labute approximate surface area is 148 Å². The molecule has 1 aliphatic carbocycles. The highest BCUT2D eigenvalue weighted by atomic mass is 16.5. The van der Waals surface area contributed by atoms with Crippen molar-refractivity contribution < 1.29 is 24.2 Å². The van der Waals surface area contributed by atoms with E-state index in [2.05, 4.69) is 0 Å². The average Bonchev–Trinajstić information content (AvgIpc) is 2.52. The maximum atomic E-state index is 12.1. The summed E-state index contributed by atoms with van der Waals surface area (Å²) in [6.07, 6.45) is 1.76. The summed E-state index contributed by atoms with van der Waals surface area (Å²) in [5, 5.41) is 10.7. The number of aromatic hydroxyl groups is 1. The van der Waals surface area contributed by atoms with Crippen LogP contribution in [0.5, 0.6) is 11.5 Å². The Balaban J connectivity index is 2.12. The number of carbonyl (C=O) groups excluding carboxylic acids is 2. The highest BCUT2D eigenvalue weighted by Crippen LogP contribution is 2.54. The minimum absolute atomic E-state index is 0.0460. The van der Waals surface area contributed by atoms with Crippen LogP contribution in [0.15, 0.2) is 12.1 Å². The Bertz CT molecular complexity index is 732. The van der Waals surface area contributed by atoms with Crippen LogP contribution in [0.4, 0.5) is 0 Å². The largest absolute Gasteiger partial charge is 0.508 e. The summed E-state index contributed by atoms with van der Waals surface area (Å²) in [5.74, 6) is 0.631. The minimum atomic E-state index is -0.909. The summed E-state index contributed by atoms with van der Waals surface area (Å²) in [6, 6.07) is 3.41. The van der Waals surface area contributed by atoms with Crippen molar-refractivity contribution in [3.63, 3.8) is 0 Å². The van der Waals surface area contributed by atoms with Gasteiger partial charge < -0.3 is 14.6 Å². The fourth-order valence-corrected chi connectivity index (χ4v) is 4.30. The molecular weight excluding hydrogens is 320 g/mol. The van der Waals surface area contributed by atoms with Crippen LogP contribution in [-0.4, -0.2) is 29.6 Å². The molecule has 3 rings (SSSR count). The van der Waals surface area contributed by atoms with E-state index in [9.17, 15) is 14.7 Å². The van der Waals surface area contributed by atoms with Crippen molar-refractivity contribution in [1.29, 1.82) is 0 Å². The van der Waals surface area contributed by atoms with Crippen molar-refractivity contribution in [2.75, 3.05) is 7.11 Å². The monoisotopic (exact) mass is 346 g/mol. The van der Waals surface area contributed by atoms with Crippen LogP contribution in [-0.2, 0) is 19.7 Å². The predicted octanol–water partition coefficient (Wildman–Crippen LogP) is 3.47. The number of Topliss-reactive ketones (excluding diaryl/α,β-unsaturated/α-hetero) is 1. The molecule has 1 aromatic carbocycles. The molecule has 1 unspecified atom stereocenters. The zero-order valence-corrected chi connectivity index (χ0v) is 15.5. The molecule has 136 valence electrons. The van der Waals surface area contributed by atoms with Crippen molar-refractivity contribution in [2.24, 2.45) is 5.92 Å². The van der Waals surface area contributed by atoms with E-state index in [-0.39, 0.29) is 29.3 Å². The van der Waals surface area contributed by atoms with Crippen LogP contribution >= 0.6 is 0 Å². The first kappa shape index (κ1) is 17.8. The standard InChI is InChI=1S/C20H26O5/c1-19(2,18(23)24-5)11-8-15(22)17-13-10-12(21)6-7-14(13)20(3,4)25-16(17)9-11/h8-9,13-14,22H,6-7,10H2,1-5H3/t13-,14?/m1/s1. The molecule has 2 atom stereocenters. The number of esters is 1. The molecule has 0 saturated heterocycles. The number of phenolic OH excluding ortho intramolecular Hbond substituents is 1. The Hall–Kier alpha value is -2.04. The van der Waals surface area contributed by atoms with E-state index >= 15 is 0 Å². The Morgan fingerprint density at radius 1 is 1.36 bits per heavy atom. The number of phenols is 1. The summed E-state index contributed by atoms with van der Waals surface area (Å²) in [6.45, 7) is 7.55. The summed E-state index contributed by atoms with van der Waals surface area (Å²) in [5.41, 5.74) is -0.0129. The number of ketones is 1. The summed E-state index contributed by atoms with van der Waals surface area (Å²) >= 11 is 0. The van der Waals surface area contributed by atoms with E-state index < -0.39 is 11.0 Å². The number of rotatable bonds is 2. The van der Waals surface area contributed by atoms with Crippen LogP contribution in [0.25, 0.3) is 0 Å². The molecule has 2 aliphatic rings. The third-order valence-corrected chi connectivity index (χ3v) is 5.84. The van der Waals surface area contributed by atoms with Gasteiger partial charge in [0, 0.05) is 30.2 Å². The van der Waals surface area contributed by atoms with Gasteiger partial charge in [0.1, 0.15) is 22.9 Å². The maximum Gasteiger partial charge on any atom is 0.315 e. The molecule has 1 heterocycles. The molecule has 0 aromatic heterocycles. The van der Waals surface area contributed by atoms with Crippen molar-refractivity contribution >= 4 is 11.8 Å². The second-order valence-electron chi connectivity index (χ2n) is 8.22. The Morgan fingerprint density at radius 3 is 2.68 bits per heavy atom. The zero-order valence-electron chi connectivity index (χ0n) is 15.5. The van der Waals surface area contributed by atoms with E-state index in [1.807, 2.05) is 19.9 Å². The number of methoxy groups -OCH3 is 1. The maximum absolute atomic E-state index is 12.1. The molecule has 0 amide bonds. The predicted molar refractivity (Wildman–Crippen MR) is 92.9 cm³/mol. The van der Waals surface area contributed by atoms with Crippen LogP contribution in [0.1, 0.15) is 64.0 Å². The fourth-order valence-electron chi connectivity index (χ4n) is 4.30. The first-order valence-electron chi connectivity index (χ1n) is 8.74. The number of benzene rings is 1. The summed E-state index contributed by atoms with van der Waals surface area (Å²) < 4.78 is 11.1. The molecule has 1 fully saturated rings. The molecule has 0 bridgehead atoms. The lowest BCUT2D eigenvalue weighted by Gasteiger charge is -2.47. The lowest BCUT2D eigenvalue weighted by atomic mass is 9.66. The van der Waals surface area contributed by atoms with Crippen molar-refractivity contribution in [3.8, 4) is 11.5 Å². The zero-order chi connectivity index (χ0) is 18.6. The lowest BCUT2D eigenvalue weighted by molar-refractivity contribution is -0.146. The molecule has 5 nitrogen and oxygen atoms in total. The Kier molecular flexibility index (Phi) is 4.09. The molecular formula is C20H26O5. The second-order valence-corrected chi connectivity index (χ2v) is 8.22. The number of fused-ring (bicyclic) bond motifs is 3. The number of ether oxygens (including phenoxy) is 2. The first-order chi connectivity index (χ1) is 11.6. The van der Waals surface area contributed by atoms with Gasteiger partial charge in [0.15, 0.2) is 0 Å². The Morgan fingerprint density at radius 2 is 2.04 bits per heavy atom. The quantitative estimate of drug-likeness (QED) is 0.830. The van der Waals surface area contributed by atoms with Crippen LogP contribution in [0.3, 0.4) is 0 Å². The summed E-state index contributed by atoms with van der Waals surface area (Å²) in [7, 11) is 1.35. The third-order valence-electron chi connectivity index (χ3n) is 5.84. The molecule has 1 aromatic rings. The minimum Gasteiger partial charge on any atom is -0.508 e. The normalized spacial score (nSPS) is 24.8. The summed E-state index contributed by atoms with van der Waals surface area (Å²) in [4.78, 5) is 24.1. The van der Waals surface area contributed by atoms with Crippen LogP contribution < -0.4 is 4.74 Å². The fraction of sp³-hybridized carbons (Fsp3) is 0.600. The van der Waals surface area contributed by atoms with Crippen LogP contribution in [0.2, 0.25) is 0 Å². The van der Waals surface area contributed by atoms with Gasteiger partial charge in [-0.15, -0.1) is 0 Å². The van der Waals surface area contributed by atoms with Gasteiger partial charge in [0.2, 0.25) is 0 Å². The molecule has 1 N–H and O–H groups in total. The number of hydrogen-bond donors (Lipinski definition) is 1. The van der Waals surface area contributed by atoms with E-state index in [0.717, 1.165) is 6.42 Å². The van der Waals surface area contributed by atoms with E-state index in [1.54, 1.807) is 19.9 Å². The molecule has 1 saturated carbocycles. The van der Waals surface area contributed by atoms with Gasteiger partial charge in [-0.3, -0.25) is 9.59 Å². The molecule has 5 heteroatoms. The number of hydrogen-bond acceptors (Lipinski definition) is 5. The molecule has 25 heavy (non-hydrogen) atoms. The molecule has 1 aliphatic heterocycles. The van der Waals surface area contributed by atoms with Gasteiger partial charge in [0.05, 0.1) is 12.5 Å². The van der Waals surface area contributed by atoms with Crippen molar-refractivity contribution in [3.05, 3.63) is 23.3 Å². The number of carbonyl (C=O) groups is 2. The third kappa shape index (κ3) is 2.79. The van der Waals surface area contributed by atoms with Crippen LogP contribution in [0, 0.1) is 5.92 Å². The smallest absolute Gasteiger partial charge is 0.315 e. The van der Waals surface area contributed by atoms with Gasteiger partial charge in [-0.1, -0.05) is 0 Å². The average molecular weight is 346 g/mol. The second kappa shape index (κ2) is 5.75. The first-order valence-corrected chi connectivity index (χ1v) is 8.74. The van der Waals surface area contributed by atoms with E-state index in [0.29, 0.717) is 29.7 Å². The van der Waals surface area contributed by atoms with Gasteiger partial charge in [0.25, 0.3) is 0 Å². The molecule has 0 radical (unpaired) electrons. The van der Waals surface area contributed by atoms with Gasteiger partial charge in [-0.05, 0) is 51.8 Å². The van der Waals surface area contributed by atoms with E-state index in [1.165, 1.54) is 7.11 Å². The highest BCUT2D eigenvalue weighted by Gasteiger charge is 2.48. The van der Waals surface area contributed by atoms with Gasteiger partial charge >= 0.3 is 5.97 Å². The lowest BCUT2D eigenvalue weighted by Crippen LogP contribution is -2.47. The van der Waals surface area contributed by atoms with Gasteiger partial charge in [-0.25, -0.2) is 0 Å². The topological polar surface area (TPSA) is 72.8 Å². The van der Waals surface area contributed by atoms with Crippen molar-refractivity contribution in [1.82, 2.24) is 0 Å². The highest BCUT2D eigenvalue weighted by molar-refractivity contribution is 5.83. The molecule has 0 spiro atoms.